The van der Waals surface area contributed by atoms with E-state index in [0.29, 0.717) is 19.0 Å². The van der Waals surface area contributed by atoms with Crippen LogP contribution in [0, 0.1) is 6.92 Å². The van der Waals surface area contributed by atoms with Gasteiger partial charge in [0, 0.05) is 26.3 Å². The van der Waals surface area contributed by atoms with Gasteiger partial charge in [-0.1, -0.05) is 5.16 Å². The second-order valence-corrected chi connectivity index (χ2v) is 2.85. The molecule has 0 fully saturated rings. The summed E-state index contributed by atoms with van der Waals surface area (Å²) < 4.78 is 9.87. The van der Waals surface area contributed by atoms with Crippen molar-refractivity contribution in [2.45, 2.75) is 13.3 Å². The summed E-state index contributed by atoms with van der Waals surface area (Å²) in [5, 5.41) is 5.26. The third kappa shape index (κ3) is 3.04. The number of hydrazine groups is 1. The Balaban J connectivity index is 2.35. The van der Waals surface area contributed by atoms with Crippen LogP contribution in [-0.4, -0.2) is 25.4 Å². The lowest BCUT2D eigenvalue weighted by Crippen LogP contribution is -2.31. The normalized spacial score (nSPS) is 10.4. The summed E-state index contributed by atoms with van der Waals surface area (Å²) in [5.74, 6) is 6.28. The van der Waals surface area contributed by atoms with Crippen LogP contribution >= 0.6 is 0 Å². The van der Waals surface area contributed by atoms with Crippen LogP contribution < -0.4 is 10.9 Å². The second kappa shape index (κ2) is 4.84. The average molecular weight is 185 g/mol. The van der Waals surface area contributed by atoms with Crippen molar-refractivity contribution in [3.8, 4) is 0 Å². The summed E-state index contributed by atoms with van der Waals surface area (Å²) in [6, 6.07) is 1.80. The van der Waals surface area contributed by atoms with Gasteiger partial charge in [-0.25, -0.2) is 5.84 Å². The van der Waals surface area contributed by atoms with Crippen molar-refractivity contribution in [3.05, 3.63) is 11.8 Å². The Bertz CT molecular complexity index is 249. The predicted octanol–water partition coefficient (Wildman–Crippen LogP) is 0.700. The molecule has 0 radical (unpaired) electrons. The highest BCUT2D eigenvalue weighted by Crippen LogP contribution is 2.11. The van der Waals surface area contributed by atoms with Crippen LogP contribution in [0.4, 0.5) is 5.88 Å². The van der Waals surface area contributed by atoms with Crippen molar-refractivity contribution in [1.82, 2.24) is 5.16 Å². The maximum absolute atomic E-state index is 5.69. The number of aryl methyl sites for hydroxylation is 1. The summed E-state index contributed by atoms with van der Waals surface area (Å²) in [4.78, 5) is 0. The third-order valence-electron chi connectivity index (χ3n) is 1.65. The van der Waals surface area contributed by atoms with Crippen LogP contribution in [0.5, 0.6) is 0 Å². The molecule has 0 saturated carbocycles. The van der Waals surface area contributed by atoms with Crippen molar-refractivity contribution >= 4 is 5.88 Å². The van der Waals surface area contributed by atoms with Gasteiger partial charge >= 0.3 is 0 Å². The second-order valence-electron chi connectivity index (χ2n) is 2.85. The SMILES string of the molecule is COCCCN(N)c1cc(C)no1. The van der Waals surface area contributed by atoms with Crippen LogP contribution in [0.1, 0.15) is 12.1 Å². The van der Waals surface area contributed by atoms with Crippen LogP contribution in [0.25, 0.3) is 0 Å². The quantitative estimate of drug-likeness (QED) is 0.415. The van der Waals surface area contributed by atoms with E-state index in [0.717, 1.165) is 12.1 Å². The summed E-state index contributed by atoms with van der Waals surface area (Å²) in [6.07, 6.45) is 0.868. The monoisotopic (exact) mass is 185 g/mol. The lowest BCUT2D eigenvalue weighted by Gasteiger charge is -2.13. The number of hydrogen-bond acceptors (Lipinski definition) is 5. The topological polar surface area (TPSA) is 64.5 Å². The minimum atomic E-state index is 0.591. The molecule has 0 atom stereocenters. The summed E-state index contributed by atoms with van der Waals surface area (Å²) >= 11 is 0. The van der Waals surface area contributed by atoms with Crippen molar-refractivity contribution in [2.24, 2.45) is 5.84 Å². The first-order valence-electron chi connectivity index (χ1n) is 4.18. The van der Waals surface area contributed by atoms with Crippen molar-refractivity contribution < 1.29 is 9.26 Å². The zero-order valence-electron chi connectivity index (χ0n) is 7.99. The molecule has 1 heterocycles. The van der Waals surface area contributed by atoms with Crippen LogP contribution in [0.2, 0.25) is 0 Å². The molecule has 74 valence electrons. The maximum Gasteiger partial charge on any atom is 0.241 e. The Morgan fingerprint density at radius 3 is 3.00 bits per heavy atom. The molecular formula is C8H15N3O2. The number of nitrogens with zero attached hydrogens (tertiary/aromatic N) is 2. The molecule has 0 saturated heterocycles. The van der Waals surface area contributed by atoms with E-state index in [1.165, 1.54) is 5.01 Å². The van der Waals surface area contributed by atoms with Gasteiger partial charge in [-0.3, -0.25) is 5.01 Å². The van der Waals surface area contributed by atoms with Crippen molar-refractivity contribution in [2.75, 3.05) is 25.3 Å². The number of ether oxygens (including phenoxy) is 1. The van der Waals surface area contributed by atoms with Crippen LogP contribution in [0.15, 0.2) is 10.6 Å². The van der Waals surface area contributed by atoms with Gasteiger partial charge in [-0.15, -0.1) is 0 Å². The maximum atomic E-state index is 5.69. The van der Waals surface area contributed by atoms with Gasteiger partial charge in [-0.2, -0.15) is 0 Å². The molecule has 1 aromatic rings. The fraction of sp³-hybridized carbons (Fsp3) is 0.625. The molecule has 0 aromatic carbocycles. The van der Waals surface area contributed by atoms with Gasteiger partial charge in [0.05, 0.1) is 5.69 Å². The fourth-order valence-electron chi connectivity index (χ4n) is 0.975. The Morgan fingerprint density at radius 2 is 2.46 bits per heavy atom. The lowest BCUT2D eigenvalue weighted by atomic mass is 10.4. The first kappa shape index (κ1) is 10.0. The fourth-order valence-corrected chi connectivity index (χ4v) is 0.975. The van der Waals surface area contributed by atoms with E-state index >= 15 is 0 Å². The van der Waals surface area contributed by atoms with E-state index in [-0.39, 0.29) is 0 Å². The standard InChI is InChI=1S/C8H15N3O2/c1-7-6-8(13-10-7)11(9)4-3-5-12-2/h6H,3-5,9H2,1-2H3. The predicted molar refractivity (Wildman–Crippen MR) is 49.3 cm³/mol. The lowest BCUT2D eigenvalue weighted by molar-refractivity contribution is 0.195. The van der Waals surface area contributed by atoms with Crippen LogP contribution in [0.3, 0.4) is 0 Å². The van der Waals surface area contributed by atoms with E-state index in [2.05, 4.69) is 5.16 Å². The van der Waals surface area contributed by atoms with E-state index in [9.17, 15) is 0 Å². The first-order valence-corrected chi connectivity index (χ1v) is 4.18. The number of hydrogen-bond donors (Lipinski definition) is 1. The number of rotatable bonds is 5. The van der Waals surface area contributed by atoms with Crippen LogP contribution in [-0.2, 0) is 4.74 Å². The smallest absolute Gasteiger partial charge is 0.241 e. The summed E-state index contributed by atoms with van der Waals surface area (Å²) in [7, 11) is 1.67. The third-order valence-corrected chi connectivity index (χ3v) is 1.65. The molecule has 0 bridgehead atoms. The van der Waals surface area contributed by atoms with Gasteiger partial charge in [0.2, 0.25) is 5.88 Å². The van der Waals surface area contributed by atoms with Gasteiger partial charge in [0.25, 0.3) is 0 Å². The van der Waals surface area contributed by atoms with Gasteiger partial charge < -0.3 is 9.26 Å². The Morgan fingerprint density at radius 1 is 1.69 bits per heavy atom. The highest BCUT2D eigenvalue weighted by molar-refractivity contribution is 5.32. The molecule has 0 spiro atoms. The minimum Gasteiger partial charge on any atom is -0.385 e. The summed E-state index contributed by atoms with van der Waals surface area (Å²) in [5.41, 5.74) is 0.831. The molecule has 13 heavy (non-hydrogen) atoms. The Hall–Kier alpha value is -1.07. The Kier molecular flexibility index (Phi) is 3.72. The Labute approximate surface area is 77.4 Å². The van der Waals surface area contributed by atoms with E-state index in [1.54, 1.807) is 13.2 Å². The molecule has 0 unspecified atom stereocenters. The first-order chi connectivity index (χ1) is 6.24. The van der Waals surface area contributed by atoms with E-state index in [4.69, 9.17) is 15.1 Å². The number of methoxy groups -OCH3 is 1. The number of nitrogens with two attached hydrogens (primary N) is 1. The van der Waals surface area contributed by atoms with Gasteiger partial charge in [0.15, 0.2) is 0 Å². The summed E-state index contributed by atoms with van der Waals surface area (Å²) in [6.45, 7) is 3.25. The molecule has 0 amide bonds. The molecule has 1 rings (SSSR count). The number of anilines is 1. The van der Waals surface area contributed by atoms with E-state index in [1.807, 2.05) is 6.92 Å². The molecule has 5 heteroatoms. The van der Waals surface area contributed by atoms with Gasteiger partial charge in [-0.05, 0) is 13.3 Å². The number of aromatic nitrogens is 1. The highest BCUT2D eigenvalue weighted by Gasteiger charge is 2.06. The molecule has 0 aliphatic carbocycles. The molecule has 1 aromatic heterocycles. The molecule has 5 nitrogen and oxygen atoms in total. The molecule has 2 N–H and O–H groups in total. The largest absolute Gasteiger partial charge is 0.385 e. The molecule has 0 aliphatic heterocycles. The molecule has 0 aliphatic rings. The van der Waals surface area contributed by atoms with Gasteiger partial charge in [0.1, 0.15) is 0 Å². The van der Waals surface area contributed by atoms with Crippen molar-refractivity contribution in [3.63, 3.8) is 0 Å². The van der Waals surface area contributed by atoms with Crippen molar-refractivity contribution in [1.29, 1.82) is 0 Å². The highest BCUT2D eigenvalue weighted by atomic mass is 16.5. The van der Waals surface area contributed by atoms with E-state index < -0.39 is 0 Å². The zero-order chi connectivity index (χ0) is 9.68. The average Bonchev–Trinajstić information content (AvgIpc) is 2.52. The molecular weight excluding hydrogens is 170 g/mol. The zero-order valence-corrected chi connectivity index (χ0v) is 7.99. The minimum absolute atomic E-state index is 0.591.